The van der Waals surface area contributed by atoms with E-state index in [0.29, 0.717) is 41.9 Å². The van der Waals surface area contributed by atoms with Crippen molar-refractivity contribution in [1.82, 2.24) is 20.5 Å². The Bertz CT molecular complexity index is 1190. The molecule has 0 aliphatic carbocycles. The maximum Gasteiger partial charge on any atom is 0.213 e. The van der Waals surface area contributed by atoms with E-state index in [1.807, 2.05) is 30.3 Å². The summed E-state index contributed by atoms with van der Waals surface area (Å²) in [5, 5.41) is 23.7. The van der Waals surface area contributed by atoms with Crippen LogP contribution in [-0.4, -0.2) is 58.7 Å². The van der Waals surface area contributed by atoms with Gasteiger partial charge in [0.15, 0.2) is 11.6 Å². The Hall–Kier alpha value is -3.39. The van der Waals surface area contributed by atoms with E-state index >= 15 is 0 Å². The molecule has 1 unspecified atom stereocenters. The third-order valence-corrected chi connectivity index (χ3v) is 7.28. The van der Waals surface area contributed by atoms with Gasteiger partial charge in [-0.1, -0.05) is 12.5 Å². The number of aromatic nitrogens is 3. The fourth-order valence-corrected chi connectivity index (χ4v) is 5.64. The van der Waals surface area contributed by atoms with Gasteiger partial charge in [0.05, 0.1) is 13.7 Å². The van der Waals surface area contributed by atoms with Crippen molar-refractivity contribution in [2.45, 2.75) is 50.2 Å². The maximum atomic E-state index is 10.8. The van der Waals surface area contributed by atoms with Gasteiger partial charge >= 0.3 is 0 Å². The van der Waals surface area contributed by atoms with Crippen LogP contribution in [0, 0.1) is 0 Å². The third-order valence-electron chi connectivity index (χ3n) is 7.28. The summed E-state index contributed by atoms with van der Waals surface area (Å²) in [6, 6.07) is 12.8. The van der Waals surface area contributed by atoms with Crippen molar-refractivity contribution in [2.75, 3.05) is 25.2 Å². The molecule has 5 heterocycles. The zero-order valence-electron chi connectivity index (χ0n) is 19.3. The number of hydrogen-bond acceptors (Lipinski definition) is 8. The summed E-state index contributed by atoms with van der Waals surface area (Å²) in [5.41, 5.74) is 3.00. The van der Waals surface area contributed by atoms with Crippen molar-refractivity contribution >= 4 is 5.82 Å². The minimum Gasteiger partial charge on any atom is -0.507 e. The smallest absolute Gasteiger partial charge is 0.213 e. The van der Waals surface area contributed by atoms with Gasteiger partial charge in [-0.05, 0) is 55.0 Å². The molecule has 3 aromatic rings. The summed E-state index contributed by atoms with van der Waals surface area (Å²) in [6.45, 7) is 1.46. The Morgan fingerprint density at radius 2 is 1.88 bits per heavy atom. The van der Waals surface area contributed by atoms with Crippen LogP contribution in [-0.2, 0) is 0 Å². The Labute approximate surface area is 199 Å². The second-order valence-electron chi connectivity index (χ2n) is 9.39. The number of hydrogen-bond donors (Lipinski definition) is 2. The van der Waals surface area contributed by atoms with Crippen LogP contribution < -0.4 is 19.7 Å². The number of ether oxygens (including phenoxy) is 2. The minimum absolute atomic E-state index is 0.140. The average molecular weight is 460 g/mol. The van der Waals surface area contributed by atoms with Gasteiger partial charge in [-0.25, -0.2) is 4.98 Å². The Balaban J connectivity index is 1.27. The lowest BCUT2D eigenvalue weighted by Crippen LogP contribution is -2.56. The molecule has 0 amide bonds. The van der Waals surface area contributed by atoms with Gasteiger partial charge in [0.1, 0.15) is 18.1 Å². The van der Waals surface area contributed by atoms with Crippen LogP contribution in [0.25, 0.3) is 22.4 Å². The number of pyridine rings is 1. The van der Waals surface area contributed by atoms with Crippen molar-refractivity contribution in [3.05, 3.63) is 42.6 Å². The highest BCUT2D eigenvalue weighted by Crippen LogP contribution is 2.39. The summed E-state index contributed by atoms with van der Waals surface area (Å²) in [5.74, 6) is 2.23. The molecule has 1 aromatic carbocycles. The van der Waals surface area contributed by atoms with Crippen molar-refractivity contribution < 1.29 is 14.6 Å². The minimum atomic E-state index is 0.140. The molecule has 2 bridgehead atoms. The number of piperidine rings is 2. The van der Waals surface area contributed by atoms with E-state index in [1.54, 1.807) is 19.4 Å². The van der Waals surface area contributed by atoms with Crippen LogP contribution in [0.3, 0.4) is 0 Å². The van der Waals surface area contributed by atoms with Crippen LogP contribution in [0.1, 0.15) is 32.1 Å². The number of phenols is 1. The van der Waals surface area contributed by atoms with Gasteiger partial charge in [0, 0.05) is 42.0 Å². The second kappa shape index (κ2) is 8.76. The summed E-state index contributed by atoms with van der Waals surface area (Å²) >= 11 is 0. The zero-order chi connectivity index (χ0) is 23.1. The number of rotatable bonds is 4. The predicted molar refractivity (Wildman–Crippen MR) is 129 cm³/mol. The fourth-order valence-electron chi connectivity index (χ4n) is 5.64. The fraction of sp³-hybridized carbons (Fsp3) is 0.423. The molecule has 8 heteroatoms. The van der Waals surface area contributed by atoms with Crippen LogP contribution in [0.4, 0.5) is 5.82 Å². The number of fused-ring (bicyclic) bond motifs is 3. The first-order valence-electron chi connectivity index (χ1n) is 12.0. The first-order valence-corrected chi connectivity index (χ1v) is 12.0. The molecule has 3 aliphatic rings. The number of nitrogens with one attached hydrogen (secondary N) is 1. The van der Waals surface area contributed by atoms with Gasteiger partial charge in [0.25, 0.3) is 0 Å². The first-order chi connectivity index (χ1) is 16.7. The lowest BCUT2D eigenvalue weighted by molar-refractivity contribution is 0.205. The molecule has 176 valence electrons. The Morgan fingerprint density at radius 3 is 2.68 bits per heavy atom. The zero-order valence-corrected chi connectivity index (χ0v) is 19.3. The van der Waals surface area contributed by atoms with Crippen molar-refractivity contribution in [3.8, 4) is 39.8 Å². The van der Waals surface area contributed by atoms with Gasteiger partial charge < -0.3 is 24.8 Å². The molecule has 6 rings (SSSR count). The molecule has 0 spiro atoms. The van der Waals surface area contributed by atoms with Crippen molar-refractivity contribution in [3.63, 3.8) is 0 Å². The summed E-state index contributed by atoms with van der Waals surface area (Å²) in [6.07, 6.45) is 7.82. The monoisotopic (exact) mass is 459 g/mol. The molecule has 2 aromatic heterocycles. The second-order valence-corrected chi connectivity index (χ2v) is 9.39. The van der Waals surface area contributed by atoms with E-state index in [2.05, 4.69) is 25.4 Å². The lowest BCUT2D eigenvalue weighted by atomic mass is 9.83. The van der Waals surface area contributed by atoms with E-state index in [9.17, 15) is 5.11 Å². The number of nitrogens with zero attached hydrogens (tertiary/aromatic N) is 4. The number of aromatic hydroxyl groups is 1. The molecule has 34 heavy (non-hydrogen) atoms. The third kappa shape index (κ3) is 3.92. The molecular formula is C26H29N5O3. The number of anilines is 1. The number of methoxy groups -OCH3 is 1. The largest absolute Gasteiger partial charge is 0.507 e. The predicted octanol–water partition coefficient (Wildman–Crippen LogP) is 3.79. The highest BCUT2D eigenvalue weighted by molar-refractivity contribution is 5.75. The summed E-state index contributed by atoms with van der Waals surface area (Å²) in [4.78, 5) is 6.53. The van der Waals surface area contributed by atoms with Gasteiger partial charge in [-0.2, -0.15) is 0 Å². The first kappa shape index (κ1) is 21.2. The van der Waals surface area contributed by atoms with Crippen LogP contribution >= 0.6 is 0 Å². The highest BCUT2D eigenvalue weighted by atomic mass is 16.5. The molecular weight excluding hydrogens is 430 g/mol. The van der Waals surface area contributed by atoms with E-state index in [1.165, 1.54) is 19.3 Å². The van der Waals surface area contributed by atoms with Gasteiger partial charge in [-0.3, -0.25) is 0 Å². The maximum absolute atomic E-state index is 10.8. The highest BCUT2D eigenvalue weighted by Gasteiger charge is 2.36. The Morgan fingerprint density at radius 1 is 1.06 bits per heavy atom. The molecule has 0 saturated carbocycles. The molecule has 3 aliphatic heterocycles. The molecule has 2 saturated heterocycles. The molecule has 8 nitrogen and oxygen atoms in total. The SMILES string of the molecule is COc1cc(-c2ccc(-c3cc4c(nn3)N(C3C[C@H]5CCC[C@@H](C3)N5)CCO4)c(O)c2)ccn1. The van der Waals surface area contributed by atoms with Crippen LogP contribution in [0.2, 0.25) is 0 Å². The van der Waals surface area contributed by atoms with E-state index in [0.717, 1.165) is 42.1 Å². The standard InChI is InChI=1S/C26H29N5O3/c1-33-25-12-17(7-8-27-25)16-5-6-21(23(32)11-16)22-15-24-26(30-29-22)31(9-10-34-24)20-13-18-3-2-4-19(14-20)28-18/h5-8,11-12,15,18-20,28,32H,2-4,9-10,13-14H2,1H3/t18-,19+,20?. The topological polar surface area (TPSA) is 92.6 Å². The quantitative estimate of drug-likeness (QED) is 0.609. The Kier molecular flexibility index (Phi) is 5.45. The molecule has 2 fully saturated rings. The van der Waals surface area contributed by atoms with Crippen molar-refractivity contribution in [1.29, 1.82) is 0 Å². The van der Waals surface area contributed by atoms with E-state index in [-0.39, 0.29) is 5.75 Å². The van der Waals surface area contributed by atoms with E-state index < -0.39 is 0 Å². The molecule has 2 N–H and O–H groups in total. The van der Waals surface area contributed by atoms with E-state index in [4.69, 9.17) is 9.47 Å². The van der Waals surface area contributed by atoms with Gasteiger partial charge in [-0.15, -0.1) is 10.2 Å². The molecule has 0 radical (unpaired) electrons. The number of benzene rings is 1. The summed E-state index contributed by atoms with van der Waals surface area (Å²) in [7, 11) is 1.58. The van der Waals surface area contributed by atoms with Crippen LogP contribution in [0.5, 0.6) is 17.4 Å². The normalized spacial score (nSPS) is 23.7. The van der Waals surface area contributed by atoms with Gasteiger partial charge in [0.2, 0.25) is 5.88 Å². The average Bonchev–Trinajstić information content (AvgIpc) is 2.87. The molecule has 3 atom stereocenters. The lowest BCUT2D eigenvalue weighted by Gasteiger charge is -2.46. The van der Waals surface area contributed by atoms with Crippen molar-refractivity contribution in [2.24, 2.45) is 0 Å². The summed E-state index contributed by atoms with van der Waals surface area (Å²) < 4.78 is 11.2. The number of phenolic OH excluding ortho intramolecular Hbond substituents is 1. The van der Waals surface area contributed by atoms with Crippen LogP contribution in [0.15, 0.2) is 42.6 Å².